The lowest BCUT2D eigenvalue weighted by atomic mass is 9.83. The van der Waals surface area contributed by atoms with E-state index in [0.29, 0.717) is 23.0 Å². The number of nitrogens with zero attached hydrogens (tertiary/aromatic N) is 2. The van der Waals surface area contributed by atoms with Crippen molar-refractivity contribution in [2.24, 2.45) is 0 Å². The van der Waals surface area contributed by atoms with Crippen LogP contribution < -0.4 is 5.73 Å². The van der Waals surface area contributed by atoms with Gasteiger partial charge in [0, 0.05) is 0 Å². The van der Waals surface area contributed by atoms with Crippen LogP contribution in [0.2, 0.25) is 0 Å². The molecule has 0 unspecified atom stereocenters. The summed E-state index contributed by atoms with van der Waals surface area (Å²) >= 11 is 1.15. The normalized spacial score (nSPS) is 21.2. The average Bonchev–Trinajstić information content (AvgIpc) is 2.31. The molecule has 0 aromatic carbocycles. The summed E-state index contributed by atoms with van der Waals surface area (Å²) in [5.41, 5.74) is 4.13. The van der Waals surface area contributed by atoms with Crippen molar-refractivity contribution in [1.82, 2.24) is 10.2 Å². The molecule has 1 fully saturated rings. The summed E-state index contributed by atoms with van der Waals surface area (Å²) < 4.78 is 13.5. The SMILES string of the molecule is Nc1nnc(C2(F)CCC2)s1. The van der Waals surface area contributed by atoms with Crippen molar-refractivity contribution in [3.8, 4) is 0 Å². The molecule has 1 aliphatic carbocycles. The van der Waals surface area contributed by atoms with E-state index in [1.807, 2.05) is 0 Å². The Morgan fingerprint density at radius 3 is 2.55 bits per heavy atom. The van der Waals surface area contributed by atoms with Crippen molar-refractivity contribution in [2.45, 2.75) is 24.9 Å². The second-order valence-electron chi connectivity index (χ2n) is 2.76. The van der Waals surface area contributed by atoms with E-state index in [2.05, 4.69) is 10.2 Å². The van der Waals surface area contributed by atoms with E-state index in [0.717, 1.165) is 17.8 Å². The number of nitrogens with two attached hydrogens (primary N) is 1. The quantitative estimate of drug-likeness (QED) is 0.699. The number of hydrogen-bond acceptors (Lipinski definition) is 4. The van der Waals surface area contributed by atoms with Crippen LogP contribution in [-0.4, -0.2) is 10.2 Å². The molecular formula is C6H8FN3S. The summed E-state index contributed by atoms with van der Waals surface area (Å²) in [4.78, 5) is 0. The van der Waals surface area contributed by atoms with Gasteiger partial charge in [0.2, 0.25) is 5.13 Å². The standard InChI is InChI=1S/C6H8FN3S/c7-6(2-1-3-6)4-9-10-5(8)11-4/h1-3H2,(H2,8,10). The van der Waals surface area contributed by atoms with Crippen LogP contribution >= 0.6 is 11.3 Å². The lowest BCUT2D eigenvalue weighted by molar-refractivity contribution is 0.0598. The van der Waals surface area contributed by atoms with Gasteiger partial charge in [-0.3, -0.25) is 0 Å². The van der Waals surface area contributed by atoms with Crippen LogP contribution in [0.5, 0.6) is 0 Å². The predicted octanol–water partition coefficient (Wildman–Crippen LogP) is 1.47. The zero-order valence-corrected chi connectivity index (χ0v) is 6.70. The molecule has 1 heterocycles. The summed E-state index contributed by atoms with van der Waals surface area (Å²) in [7, 11) is 0. The van der Waals surface area contributed by atoms with Gasteiger partial charge >= 0.3 is 0 Å². The second-order valence-corrected chi connectivity index (χ2v) is 3.77. The second kappa shape index (κ2) is 2.14. The monoisotopic (exact) mass is 173 g/mol. The number of hydrogen-bond donors (Lipinski definition) is 1. The van der Waals surface area contributed by atoms with Crippen LogP contribution in [0.1, 0.15) is 24.3 Å². The number of nitrogen functional groups attached to an aromatic ring is 1. The Labute approximate surface area is 67.4 Å². The molecule has 1 saturated carbocycles. The van der Waals surface area contributed by atoms with Gasteiger partial charge in [-0.25, -0.2) is 4.39 Å². The summed E-state index contributed by atoms with van der Waals surface area (Å²) in [6.07, 6.45) is 2.08. The topological polar surface area (TPSA) is 51.8 Å². The van der Waals surface area contributed by atoms with Gasteiger partial charge in [0.05, 0.1) is 0 Å². The Hall–Kier alpha value is -0.710. The van der Waals surface area contributed by atoms with E-state index in [9.17, 15) is 4.39 Å². The van der Waals surface area contributed by atoms with Crippen molar-refractivity contribution < 1.29 is 4.39 Å². The van der Waals surface area contributed by atoms with E-state index >= 15 is 0 Å². The maximum absolute atomic E-state index is 13.5. The van der Waals surface area contributed by atoms with Crippen LogP contribution in [0.25, 0.3) is 0 Å². The van der Waals surface area contributed by atoms with Gasteiger partial charge in [-0.15, -0.1) is 10.2 Å². The maximum Gasteiger partial charge on any atom is 0.203 e. The van der Waals surface area contributed by atoms with Crippen LogP contribution in [-0.2, 0) is 5.67 Å². The Kier molecular flexibility index (Phi) is 1.35. The first-order valence-electron chi connectivity index (χ1n) is 3.49. The third-order valence-corrected chi connectivity index (χ3v) is 2.90. The van der Waals surface area contributed by atoms with Crippen LogP contribution in [0.4, 0.5) is 9.52 Å². The molecule has 2 N–H and O–H groups in total. The van der Waals surface area contributed by atoms with Crippen LogP contribution in [0.3, 0.4) is 0 Å². The molecule has 0 spiro atoms. The third kappa shape index (κ3) is 0.994. The zero-order chi connectivity index (χ0) is 7.90. The molecule has 11 heavy (non-hydrogen) atoms. The molecule has 2 rings (SSSR count). The molecule has 1 aliphatic rings. The number of anilines is 1. The molecule has 0 saturated heterocycles. The predicted molar refractivity (Wildman–Crippen MR) is 41.0 cm³/mol. The van der Waals surface area contributed by atoms with E-state index in [-0.39, 0.29) is 0 Å². The molecule has 0 bridgehead atoms. The molecule has 5 heteroatoms. The molecule has 0 amide bonds. The number of rotatable bonds is 1. The van der Waals surface area contributed by atoms with Gasteiger partial charge in [-0.1, -0.05) is 11.3 Å². The first kappa shape index (κ1) is 6.97. The van der Waals surface area contributed by atoms with Crippen LogP contribution in [0, 0.1) is 0 Å². The minimum Gasteiger partial charge on any atom is -0.374 e. The minimum absolute atomic E-state index is 0.351. The van der Waals surface area contributed by atoms with E-state index in [1.165, 1.54) is 0 Å². The number of alkyl halides is 1. The highest BCUT2D eigenvalue weighted by Gasteiger charge is 2.42. The maximum atomic E-state index is 13.5. The minimum atomic E-state index is -1.20. The number of aromatic nitrogens is 2. The highest BCUT2D eigenvalue weighted by molar-refractivity contribution is 7.15. The molecule has 3 nitrogen and oxygen atoms in total. The van der Waals surface area contributed by atoms with Crippen LogP contribution in [0.15, 0.2) is 0 Å². The largest absolute Gasteiger partial charge is 0.374 e. The van der Waals surface area contributed by atoms with Gasteiger partial charge < -0.3 is 5.73 Å². The lowest BCUT2D eigenvalue weighted by Crippen LogP contribution is -2.28. The molecular weight excluding hydrogens is 165 g/mol. The molecule has 1 aromatic heterocycles. The third-order valence-electron chi connectivity index (χ3n) is 1.97. The molecule has 60 valence electrons. The molecule has 0 aliphatic heterocycles. The van der Waals surface area contributed by atoms with Gasteiger partial charge in [0.1, 0.15) is 0 Å². The van der Waals surface area contributed by atoms with Crippen molar-refractivity contribution >= 4 is 16.5 Å². The molecule has 0 radical (unpaired) electrons. The Balaban J connectivity index is 2.28. The van der Waals surface area contributed by atoms with E-state index < -0.39 is 5.67 Å². The average molecular weight is 173 g/mol. The van der Waals surface area contributed by atoms with Crippen molar-refractivity contribution in [3.05, 3.63) is 5.01 Å². The molecule has 0 atom stereocenters. The summed E-state index contributed by atoms with van der Waals surface area (Å²) in [5, 5.41) is 8.05. The Morgan fingerprint density at radius 1 is 1.45 bits per heavy atom. The van der Waals surface area contributed by atoms with Crippen molar-refractivity contribution in [2.75, 3.05) is 5.73 Å². The van der Waals surface area contributed by atoms with Gasteiger partial charge in [-0.2, -0.15) is 0 Å². The lowest BCUT2D eigenvalue weighted by Gasteiger charge is -2.30. The van der Waals surface area contributed by atoms with Crippen molar-refractivity contribution in [3.63, 3.8) is 0 Å². The fourth-order valence-electron chi connectivity index (χ4n) is 1.12. The highest BCUT2D eigenvalue weighted by atomic mass is 32.1. The fourth-order valence-corrected chi connectivity index (χ4v) is 1.87. The molecule has 1 aromatic rings. The number of halogens is 1. The van der Waals surface area contributed by atoms with Gasteiger partial charge in [-0.05, 0) is 19.3 Å². The summed E-state index contributed by atoms with van der Waals surface area (Å²) in [5.74, 6) is 0. The highest BCUT2D eigenvalue weighted by Crippen LogP contribution is 2.46. The Bertz CT molecular complexity index is 269. The zero-order valence-electron chi connectivity index (χ0n) is 5.88. The Morgan fingerprint density at radius 2 is 2.18 bits per heavy atom. The van der Waals surface area contributed by atoms with E-state index in [1.54, 1.807) is 0 Å². The summed E-state index contributed by atoms with van der Waals surface area (Å²) in [6, 6.07) is 0. The smallest absolute Gasteiger partial charge is 0.203 e. The van der Waals surface area contributed by atoms with Crippen molar-refractivity contribution in [1.29, 1.82) is 0 Å². The first-order valence-corrected chi connectivity index (χ1v) is 4.31. The summed E-state index contributed by atoms with van der Waals surface area (Å²) in [6.45, 7) is 0. The fraction of sp³-hybridized carbons (Fsp3) is 0.667. The van der Waals surface area contributed by atoms with Gasteiger partial charge in [0.15, 0.2) is 10.7 Å². The van der Waals surface area contributed by atoms with E-state index in [4.69, 9.17) is 5.73 Å². The van der Waals surface area contributed by atoms with Gasteiger partial charge in [0.25, 0.3) is 0 Å². The first-order chi connectivity index (χ1) is 5.21.